The first-order chi connectivity index (χ1) is 6.56. The predicted molar refractivity (Wildman–Crippen MR) is 55.7 cm³/mol. The highest BCUT2D eigenvalue weighted by atomic mass is 16.5. The zero-order valence-corrected chi connectivity index (χ0v) is 8.87. The number of nitrogens with one attached hydrogen (secondary N) is 1. The molecule has 1 aliphatic carbocycles. The Hall–Kier alpha value is -0.160. The minimum atomic E-state index is -1.75. The lowest BCUT2D eigenvalue weighted by molar-refractivity contribution is -0.174. The summed E-state index contributed by atoms with van der Waals surface area (Å²) in [6.45, 7) is 2.24. The minimum Gasteiger partial charge on any atom is -0.363 e. The van der Waals surface area contributed by atoms with Gasteiger partial charge in [0.15, 0.2) is 5.79 Å². The highest BCUT2D eigenvalue weighted by Crippen LogP contribution is 2.20. The van der Waals surface area contributed by atoms with Gasteiger partial charge in [-0.2, -0.15) is 0 Å². The lowest BCUT2D eigenvalue weighted by atomic mass is 10.0. The fraction of sp³-hybridized carbons (Fsp3) is 1.00. The zero-order chi connectivity index (χ0) is 10.6. The smallest absolute Gasteiger partial charge is 0.191 e. The van der Waals surface area contributed by atoms with E-state index in [0.717, 1.165) is 25.7 Å². The van der Waals surface area contributed by atoms with Gasteiger partial charge in [-0.1, -0.05) is 19.8 Å². The number of hydrogen-bond donors (Lipinski definition) is 4. The van der Waals surface area contributed by atoms with Crippen LogP contribution in [0.1, 0.15) is 39.0 Å². The van der Waals surface area contributed by atoms with Gasteiger partial charge < -0.3 is 21.3 Å². The van der Waals surface area contributed by atoms with Gasteiger partial charge in [-0.15, -0.1) is 0 Å². The van der Waals surface area contributed by atoms with Crippen LogP contribution in [0.15, 0.2) is 0 Å². The topological polar surface area (TPSA) is 78.5 Å². The summed E-state index contributed by atoms with van der Waals surface area (Å²) in [6, 6.07) is -0.0687. The molecule has 0 aromatic rings. The van der Waals surface area contributed by atoms with Gasteiger partial charge in [0, 0.05) is 6.04 Å². The summed E-state index contributed by atoms with van der Waals surface area (Å²) in [7, 11) is 0. The monoisotopic (exact) mass is 202 g/mol. The molecule has 0 amide bonds. The Morgan fingerprint density at radius 2 is 2.14 bits per heavy atom. The van der Waals surface area contributed by atoms with Crippen molar-refractivity contribution < 1.29 is 10.2 Å². The third kappa shape index (κ3) is 3.92. The fourth-order valence-electron chi connectivity index (χ4n) is 1.37. The highest BCUT2D eigenvalue weighted by molar-refractivity contribution is 4.87. The molecule has 1 saturated carbocycles. The molecule has 14 heavy (non-hydrogen) atoms. The van der Waals surface area contributed by atoms with Crippen LogP contribution in [0.25, 0.3) is 0 Å². The van der Waals surface area contributed by atoms with Gasteiger partial charge in [0.05, 0.1) is 12.6 Å². The average Bonchev–Trinajstić information content (AvgIpc) is 2.94. The molecule has 5 N–H and O–H groups in total. The predicted octanol–water partition coefficient (Wildman–Crippen LogP) is -0.0632. The van der Waals surface area contributed by atoms with Crippen LogP contribution in [0.2, 0.25) is 0 Å². The number of nitrogens with two attached hydrogens (primary N) is 1. The molecule has 0 aliphatic heterocycles. The van der Waals surface area contributed by atoms with Crippen molar-refractivity contribution in [2.24, 2.45) is 5.73 Å². The first kappa shape index (κ1) is 11.9. The van der Waals surface area contributed by atoms with Gasteiger partial charge in [0.2, 0.25) is 0 Å². The molecule has 1 atom stereocenters. The Balaban J connectivity index is 2.21. The minimum absolute atomic E-state index is 0.183. The lowest BCUT2D eigenvalue weighted by Crippen LogP contribution is -2.54. The second kappa shape index (κ2) is 5.07. The van der Waals surface area contributed by atoms with E-state index in [1.54, 1.807) is 0 Å². The Kier molecular flexibility index (Phi) is 4.31. The Morgan fingerprint density at radius 1 is 1.50 bits per heavy atom. The van der Waals surface area contributed by atoms with Gasteiger partial charge in [0.1, 0.15) is 0 Å². The van der Waals surface area contributed by atoms with Gasteiger partial charge in [-0.3, -0.25) is 0 Å². The van der Waals surface area contributed by atoms with Crippen molar-refractivity contribution >= 4 is 0 Å². The Labute approximate surface area is 85.5 Å². The van der Waals surface area contributed by atoms with E-state index in [0.29, 0.717) is 12.5 Å². The zero-order valence-electron chi connectivity index (χ0n) is 8.87. The largest absolute Gasteiger partial charge is 0.363 e. The second-order valence-corrected chi connectivity index (χ2v) is 4.28. The van der Waals surface area contributed by atoms with E-state index in [2.05, 4.69) is 12.2 Å². The summed E-state index contributed by atoms with van der Waals surface area (Å²) >= 11 is 0. The summed E-state index contributed by atoms with van der Waals surface area (Å²) in [4.78, 5) is 0. The number of unbranched alkanes of at least 4 members (excludes halogenated alkanes) is 1. The summed E-state index contributed by atoms with van der Waals surface area (Å²) in [5, 5.41) is 22.4. The van der Waals surface area contributed by atoms with E-state index in [4.69, 9.17) is 5.73 Å². The maximum absolute atomic E-state index is 9.65. The molecule has 84 valence electrons. The van der Waals surface area contributed by atoms with E-state index in [9.17, 15) is 10.2 Å². The third-order valence-corrected chi connectivity index (χ3v) is 2.69. The van der Waals surface area contributed by atoms with E-state index >= 15 is 0 Å². The van der Waals surface area contributed by atoms with E-state index in [1.807, 2.05) is 0 Å². The molecular weight excluding hydrogens is 180 g/mol. The summed E-state index contributed by atoms with van der Waals surface area (Å²) in [5.74, 6) is -1.75. The quantitative estimate of drug-likeness (QED) is 0.436. The summed E-state index contributed by atoms with van der Waals surface area (Å²) in [6.07, 6.45) is 4.91. The van der Waals surface area contributed by atoms with Crippen molar-refractivity contribution in [3.8, 4) is 0 Å². The van der Waals surface area contributed by atoms with Crippen molar-refractivity contribution in [1.82, 2.24) is 5.32 Å². The molecule has 0 aromatic heterocycles. The van der Waals surface area contributed by atoms with E-state index < -0.39 is 11.8 Å². The third-order valence-electron chi connectivity index (χ3n) is 2.69. The molecular formula is C10H22N2O2. The van der Waals surface area contributed by atoms with E-state index in [1.165, 1.54) is 0 Å². The highest BCUT2D eigenvalue weighted by Gasteiger charge is 2.33. The molecule has 0 radical (unpaired) electrons. The van der Waals surface area contributed by atoms with Crippen molar-refractivity contribution in [3.05, 3.63) is 0 Å². The molecule has 4 heteroatoms. The fourth-order valence-corrected chi connectivity index (χ4v) is 1.37. The molecule has 0 aromatic carbocycles. The first-order valence-corrected chi connectivity index (χ1v) is 5.50. The molecule has 0 heterocycles. The van der Waals surface area contributed by atoms with Crippen LogP contribution in [0.3, 0.4) is 0 Å². The number of hydrogen-bond acceptors (Lipinski definition) is 4. The summed E-state index contributed by atoms with van der Waals surface area (Å²) < 4.78 is 0. The van der Waals surface area contributed by atoms with Crippen LogP contribution < -0.4 is 11.1 Å². The molecule has 0 unspecified atom stereocenters. The van der Waals surface area contributed by atoms with Gasteiger partial charge in [-0.25, -0.2) is 0 Å². The van der Waals surface area contributed by atoms with Gasteiger partial charge >= 0.3 is 0 Å². The van der Waals surface area contributed by atoms with Crippen LogP contribution in [0.4, 0.5) is 0 Å². The van der Waals surface area contributed by atoms with Gasteiger partial charge in [-0.05, 0) is 19.3 Å². The van der Waals surface area contributed by atoms with Crippen LogP contribution in [0.5, 0.6) is 0 Å². The molecule has 1 aliphatic rings. The second-order valence-electron chi connectivity index (χ2n) is 4.28. The van der Waals surface area contributed by atoms with Crippen molar-refractivity contribution in [2.45, 2.75) is 56.9 Å². The van der Waals surface area contributed by atoms with E-state index in [-0.39, 0.29) is 6.54 Å². The van der Waals surface area contributed by atoms with Crippen LogP contribution in [0, 0.1) is 0 Å². The first-order valence-electron chi connectivity index (χ1n) is 5.50. The summed E-state index contributed by atoms with van der Waals surface area (Å²) in [5.41, 5.74) is 5.70. The van der Waals surface area contributed by atoms with Crippen LogP contribution >= 0.6 is 0 Å². The lowest BCUT2D eigenvalue weighted by Gasteiger charge is -2.28. The van der Waals surface area contributed by atoms with Gasteiger partial charge in [0.25, 0.3) is 0 Å². The molecule has 1 fully saturated rings. The molecule has 4 nitrogen and oxygen atoms in total. The van der Waals surface area contributed by atoms with Crippen LogP contribution in [-0.2, 0) is 0 Å². The molecule has 0 bridgehead atoms. The standard InChI is InChI=1S/C10H22N2O2/c1-2-3-4-9(11)10(13,14)7-12-8-5-6-8/h8-9,12-14H,2-7,11H2,1H3/t9-/m0/s1. The van der Waals surface area contributed by atoms with Crippen molar-refractivity contribution in [2.75, 3.05) is 6.54 Å². The Morgan fingerprint density at radius 3 is 2.64 bits per heavy atom. The van der Waals surface area contributed by atoms with Crippen molar-refractivity contribution in [3.63, 3.8) is 0 Å². The van der Waals surface area contributed by atoms with Crippen molar-refractivity contribution in [1.29, 1.82) is 0 Å². The number of rotatable bonds is 7. The molecule has 1 rings (SSSR count). The Bertz CT molecular complexity index is 170. The molecule has 0 spiro atoms. The normalized spacial score (nSPS) is 19.7. The average molecular weight is 202 g/mol. The maximum atomic E-state index is 9.65. The number of aliphatic hydroxyl groups is 2. The van der Waals surface area contributed by atoms with Crippen LogP contribution in [-0.4, -0.2) is 34.6 Å². The molecule has 0 saturated heterocycles. The SMILES string of the molecule is CCCC[C@H](N)C(O)(O)CNC1CC1. The maximum Gasteiger partial charge on any atom is 0.191 e.